The molecule has 2 aromatic carbocycles. The highest BCUT2D eigenvalue weighted by atomic mass is 79.9. The first-order valence-electron chi connectivity index (χ1n) is 6.64. The molecule has 0 saturated heterocycles. The Labute approximate surface area is 127 Å². The van der Waals surface area contributed by atoms with Crippen molar-refractivity contribution in [2.75, 3.05) is 18.5 Å². The van der Waals surface area contributed by atoms with E-state index < -0.39 is 0 Å². The van der Waals surface area contributed by atoms with Crippen molar-refractivity contribution in [3.8, 4) is 11.5 Å². The van der Waals surface area contributed by atoms with Gasteiger partial charge in [0.1, 0.15) is 13.2 Å². The molecule has 1 atom stereocenters. The molecule has 1 aliphatic heterocycles. The summed E-state index contributed by atoms with van der Waals surface area (Å²) in [7, 11) is 0. The molecule has 0 amide bonds. The van der Waals surface area contributed by atoms with Gasteiger partial charge in [-0.3, -0.25) is 0 Å². The van der Waals surface area contributed by atoms with Crippen molar-refractivity contribution in [1.29, 1.82) is 0 Å². The van der Waals surface area contributed by atoms with Gasteiger partial charge in [0.2, 0.25) is 0 Å². The van der Waals surface area contributed by atoms with Gasteiger partial charge in [0.25, 0.3) is 0 Å². The number of halogens is 1. The van der Waals surface area contributed by atoms with E-state index in [4.69, 9.17) is 9.47 Å². The average molecular weight is 334 g/mol. The van der Waals surface area contributed by atoms with Crippen molar-refractivity contribution < 1.29 is 9.47 Å². The summed E-state index contributed by atoms with van der Waals surface area (Å²) in [5, 5.41) is 3.48. The zero-order valence-electron chi connectivity index (χ0n) is 11.2. The van der Waals surface area contributed by atoms with E-state index in [0.29, 0.717) is 13.2 Å². The second-order valence-corrected chi connectivity index (χ2v) is 5.70. The maximum absolute atomic E-state index is 5.62. The molecular weight excluding hydrogens is 318 g/mol. The molecule has 0 aliphatic carbocycles. The van der Waals surface area contributed by atoms with Gasteiger partial charge in [-0.2, -0.15) is 0 Å². The Kier molecular flexibility index (Phi) is 3.83. The van der Waals surface area contributed by atoms with Crippen LogP contribution in [0.3, 0.4) is 0 Å². The highest BCUT2D eigenvalue weighted by Gasteiger charge is 2.14. The van der Waals surface area contributed by atoms with Gasteiger partial charge >= 0.3 is 0 Å². The van der Waals surface area contributed by atoms with Crippen LogP contribution in [0, 0.1) is 0 Å². The smallest absolute Gasteiger partial charge is 0.161 e. The summed E-state index contributed by atoms with van der Waals surface area (Å²) >= 11 is 3.48. The fourth-order valence-electron chi connectivity index (χ4n) is 2.24. The third-order valence-electron chi connectivity index (χ3n) is 3.27. The van der Waals surface area contributed by atoms with Crippen LogP contribution in [0.1, 0.15) is 18.5 Å². The molecule has 3 rings (SSSR count). The lowest BCUT2D eigenvalue weighted by Gasteiger charge is -2.21. The van der Waals surface area contributed by atoms with Crippen molar-refractivity contribution in [1.82, 2.24) is 0 Å². The molecule has 1 N–H and O–H groups in total. The summed E-state index contributed by atoms with van der Waals surface area (Å²) in [6, 6.07) is 14.4. The van der Waals surface area contributed by atoms with Crippen molar-refractivity contribution in [2.24, 2.45) is 0 Å². The molecule has 2 aromatic rings. The van der Waals surface area contributed by atoms with E-state index >= 15 is 0 Å². The quantitative estimate of drug-likeness (QED) is 0.903. The number of ether oxygens (including phenoxy) is 2. The van der Waals surface area contributed by atoms with E-state index in [2.05, 4.69) is 46.4 Å². The minimum atomic E-state index is 0.195. The average Bonchev–Trinajstić information content (AvgIpc) is 2.47. The maximum Gasteiger partial charge on any atom is 0.161 e. The Morgan fingerprint density at radius 2 is 1.85 bits per heavy atom. The van der Waals surface area contributed by atoms with Gasteiger partial charge in [0, 0.05) is 16.2 Å². The Hall–Kier alpha value is -1.68. The molecule has 1 heterocycles. The van der Waals surface area contributed by atoms with Crippen LogP contribution in [0.5, 0.6) is 11.5 Å². The minimum absolute atomic E-state index is 0.195. The third kappa shape index (κ3) is 2.90. The van der Waals surface area contributed by atoms with Crippen molar-refractivity contribution in [3.63, 3.8) is 0 Å². The summed E-state index contributed by atoms with van der Waals surface area (Å²) < 4.78 is 12.2. The summed E-state index contributed by atoms with van der Waals surface area (Å²) in [5.74, 6) is 1.66. The Balaban J connectivity index is 1.78. The molecule has 0 aromatic heterocycles. The molecule has 20 heavy (non-hydrogen) atoms. The number of fused-ring (bicyclic) bond motifs is 1. The van der Waals surface area contributed by atoms with Gasteiger partial charge < -0.3 is 14.8 Å². The zero-order chi connectivity index (χ0) is 13.9. The lowest BCUT2D eigenvalue weighted by molar-refractivity contribution is 0.171. The Morgan fingerprint density at radius 3 is 2.65 bits per heavy atom. The Bertz CT molecular complexity index is 615. The van der Waals surface area contributed by atoms with Gasteiger partial charge in [0.05, 0.1) is 0 Å². The van der Waals surface area contributed by atoms with E-state index in [0.717, 1.165) is 21.7 Å². The van der Waals surface area contributed by atoms with Crippen LogP contribution < -0.4 is 14.8 Å². The molecule has 1 aliphatic rings. The first-order valence-corrected chi connectivity index (χ1v) is 7.43. The van der Waals surface area contributed by atoms with E-state index in [1.54, 1.807) is 0 Å². The molecule has 0 spiro atoms. The van der Waals surface area contributed by atoms with Crippen LogP contribution in [-0.2, 0) is 0 Å². The third-order valence-corrected chi connectivity index (χ3v) is 3.77. The fraction of sp³-hybridized carbons (Fsp3) is 0.250. The lowest BCUT2D eigenvalue weighted by Crippen LogP contribution is -2.16. The number of anilines is 1. The molecule has 3 nitrogen and oxygen atoms in total. The van der Waals surface area contributed by atoms with Crippen LogP contribution in [0.25, 0.3) is 0 Å². The number of hydrogen-bond donors (Lipinski definition) is 1. The van der Waals surface area contributed by atoms with Crippen LogP contribution in [0.2, 0.25) is 0 Å². The van der Waals surface area contributed by atoms with E-state index in [1.807, 2.05) is 24.3 Å². The number of rotatable bonds is 3. The van der Waals surface area contributed by atoms with Gasteiger partial charge in [-0.05, 0) is 42.8 Å². The summed E-state index contributed by atoms with van der Waals surface area (Å²) in [4.78, 5) is 0. The number of nitrogens with one attached hydrogen (secondary N) is 1. The molecule has 4 heteroatoms. The predicted molar refractivity (Wildman–Crippen MR) is 83.6 cm³/mol. The first kappa shape index (κ1) is 13.3. The highest BCUT2D eigenvalue weighted by Crippen LogP contribution is 2.33. The van der Waals surface area contributed by atoms with Crippen molar-refractivity contribution in [2.45, 2.75) is 13.0 Å². The number of hydrogen-bond acceptors (Lipinski definition) is 3. The molecule has 0 fully saturated rings. The molecule has 1 unspecified atom stereocenters. The van der Waals surface area contributed by atoms with E-state index in [-0.39, 0.29) is 6.04 Å². The SMILES string of the molecule is CC(Nc1cccc(Br)c1)c1ccc2c(c1)OCCO2. The summed E-state index contributed by atoms with van der Waals surface area (Å²) in [5.41, 5.74) is 2.26. The fourth-order valence-corrected chi connectivity index (χ4v) is 2.64. The first-order chi connectivity index (χ1) is 9.72. The largest absolute Gasteiger partial charge is 0.486 e. The maximum atomic E-state index is 5.62. The molecular formula is C16H16BrNO2. The second-order valence-electron chi connectivity index (χ2n) is 4.78. The zero-order valence-corrected chi connectivity index (χ0v) is 12.8. The van der Waals surface area contributed by atoms with Gasteiger partial charge in [-0.1, -0.05) is 28.1 Å². The van der Waals surface area contributed by atoms with E-state index in [1.165, 1.54) is 5.56 Å². The molecule has 0 saturated carbocycles. The predicted octanol–water partition coefficient (Wildman–Crippen LogP) is 4.39. The standard InChI is InChI=1S/C16H16BrNO2/c1-11(18-14-4-2-3-13(17)10-14)12-5-6-15-16(9-12)20-8-7-19-15/h2-6,9-11,18H,7-8H2,1H3. The topological polar surface area (TPSA) is 30.5 Å². The molecule has 104 valence electrons. The van der Waals surface area contributed by atoms with Crippen LogP contribution in [0.4, 0.5) is 5.69 Å². The van der Waals surface area contributed by atoms with Crippen LogP contribution in [-0.4, -0.2) is 13.2 Å². The van der Waals surface area contributed by atoms with Crippen LogP contribution >= 0.6 is 15.9 Å². The highest BCUT2D eigenvalue weighted by molar-refractivity contribution is 9.10. The van der Waals surface area contributed by atoms with Crippen molar-refractivity contribution in [3.05, 3.63) is 52.5 Å². The van der Waals surface area contributed by atoms with Gasteiger partial charge in [-0.25, -0.2) is 0 Å². The van der Waals surface area contributed by atoms with Crippen LogP contribution in [0.15, 0.2) is 46.9 Å². The summed E-state index contributed by atoms with van der Waals surface area (Å²) in [6.07, 6.45) is 0. The lowest BCUT2D eigenvalue weighted by atomic mass is 10.1. The van der Waals surface area contributed by atoms with E-state index in [9.17, 15) is 0 Å². The summed E-state index contributed by atoms with van der Waals surface area (Å²) in [6.45, 7) is 3.37. The molecule has 0 bridgehead atoms. The van der Waals surface area contributed by atoms with Gasteiger partial charge in [0.15, 0.2) is 11.5 Å². The number of benzene rings is 2. The minimum Gasteiger partial charge on any atom is -0.486 e. The normalized spacial score (nSPS) is 14.7. The second kappa shape index (κ2) is 5.75. The Morgan fingerprint density at radius 1 is 1.05 bits per heavy atom. The van der Waals surface area contributed by atoms with Crippen molar-refractivity contribution >= 4 is 21.6 Å². The van der Waals surface area contributed by atoms with Gasteiger partial charge in [-0.15, -0.1) is 0 Å². The molecule has 0 radical (unpaired) electrons. The monoisotopic (exact) mass is 333 g/mol.